The fourth-order valence-electron chi connectivity index (χ4n) is 7.03. The minimum absolute atomic E-state index is 0.0350. The fourth-order valence-corrected chi connectivity index (χ4v) is 7.03. The van der Waals surface area contributed by atoms with Gasteiger partial charge in [0.15, 0.2) is 17.8 Å². The summed E-state index contributed by atoms with van der Waals surface area (Å²) in [7, 11) is 1.66. The van der Waals surface area contributed by atoms with Crippen LogP contribution in [0.4, 0.5) is 0 Å². The van der Waals surface area contributed by atoms with Gasteiger partial charge in [0.25, 0.3) is 0 Å². The van der Waals surface area contributed by atoms with E-state index in [4.69, 9.17) is 23.7 Å². The molecule has 0 aromatic heterocycles. The number of hydrogen-bond donors (Lipinski definition) is 2. The standard InChI is InChI=1S/C26H37NO7/c1-25-9-8-22-26(2,14-31-24(34-22)13-30-3)21(25)7-5-18(28)17(25)11-23(29)27-12-16-4-6-19-20(10-16)33-15-32-19/h4,6,10,17-18,21-22,24,28H,5,7-9,11-15H2,1-3H3,(H,27,29)/t17-,18-,21+,22+,24-,25+,26+/m1/s1. The number of benzene rings is 1. The third kappa shape index (κ3) is 4.19. The number of hydrogen-bond acceptors (Lipinski definition) is 7. The van der Waals surface area contributed by atoms with E-state index in [1.807, 2.05) is 18.2 Å². The lowest BCUT2D eigenvalue weighted by Crippen LogP contribution is -2.63. The van der Waals surface area contributed by atoms with Gasteiger partial charge in [-0.3, -0.25) is 4.79 Å². The van der Waals surface area contributed by atoms with Crippen LogP contribution in [-0.4, -0.2) is 56.6 Å². The summed E-state index contributed by atoms with van der Waals surface area (Å²) in [6.07, 6.45) is 3.06. The van der Waals surface area contributed by atoms with Crippen LogP contribution in [0.15, 0.2) is 18.2 Å². The summed E-state index contributed by atoms with van der Waals surface area (Å²) in [6.45, 7) is 6.22. The first kappa shape index (κ1) is 23.9. The molecule has 5 rings (SSSR count). The van der Waals surface area contributed by atoms with Crippen LogP contribution in [0, 0.1) is 22.7 Å². The van der Waals surface area contributed by atoms with Gasteiger partial charge in [-0.25, -0.2) is 0 Å². The summed E-state index contributed by atoms with van der Waals surface area (Å²) >= 11 is 0. The summed E-state index contributed by atoms with van der Waals surface area (Å²) in [6, 6.07) is 5.70. The first-order chi connectivity index (χ1) is 16.3. The van der Waals surface area contributed by atoms with E-state index < -0.39 is 6.10 Å². The van der Waals surface area contributed by atoms with Gasteiger partial charge in [-0.1, -0.05) is 19.9 Å². The van der Waals surface area contributed by atoms with Gasteiger partial charge in [-0.15, -0.1) is 0 Å². The highest BCUT2D eigenvalue weighted by molar-refractivity contribution is 5.76. The molecule has 8 nitrogen and oxygen atoms in total. The van der Waals surface area contributed by atoms with E-state index in [2.05, 4.69) is 19.2 Å². The molecule has 0 bridgehead atoms. The van der Waals surface area contributed by atoms with Crippen LogP contribution in [0.5, 0.6) is 11.5 Å². The van der Waals surface area contributed by atoms with Crippen molar-refractivity contribution in [2.24, 2.45) is 22.7 Å². The quantitative estimate of drug-likeness (QED) is 0.653. The third-order valence-corrected chi connectivity index (χ3v) is 8.87. The van der Waals surface area contributed by atoms with E-state index >= 15 is 0 Å². The first-order valence-electron chi connectivity index (χ1n) is 12.4. The van der Waals surface area contributed by atoms with Crippen LogP contribution in [0.3, 0.4) is 0 Å². The molecule has 4 aliphatic rings. The molecule has 2 aliphatic carbocycles. The van der Waals surface area contributed by atoms with Crippen LogP contribution in [0.2, 0.25) is 0 Å². The van der Waals surface area contributed by atoms with Gasteiger partial charge in [-0.05, 0) is 60.6 Å². The molecule has 2 aliphatic heterocycles. The smallest absolute Gasteiger partial charge is 0.231 e. The molecule has 2 heterocycles. The molecule has 2 N–H and O–H groups in total. The molecule has 1 saturated heterocycles. The zero-order chi connectivity index (χ0) is 23.9. The Kier molecular flexibility index (Phi) is 6.52. The van der Waals surface area contributed by atoms with Crippen LogP contribution in [0.25, 0.3) is 0 Å². The molecule has 8 heteroatoms. The number of aliphatic hydroxyl groups excluding tert-OH is 1. The zero-order valence-corrected chi connectivity index (χ0v) is 20.4. The number of ether oxygens (including phenoxy) is 5. The van der Waals surface area contributed by atoms with Crippen molar-refractivity contribution < 1.29 is 33.6 Å². The van der Waals surface area contributed by atoms with Gasteiger partial charge in [0.2, 0.25) is 12.7 Å². The second-order valence-electron chi connectivity index (χ2n) is 10.8. The summed E-state index contributed by atoms with van der Waals surface area (Å²) in [5.74, 6) is 1.62. The van der Waals surface area contributed by atoms with Crippen molar-refractivity contribution in [2.75, 3.05) is 27.1 Å². The molecule has 1 aromatic rings. The first-order valence-corrected chi connectivity index (χ1v) is 12.4. The van der Waals surface area contributed by atoms with Crippen molar-refractivity contribution in [3.8, 4) is 11.5 Å². The van der Waals surface area contributed by atoms with Crippen molar-refractivity contribution in [1.29, 1.82) is 0 Å². The fraction of sp³-hybridized carbons (Fsp3) is 0.731. The molecule has 188 valence electrons. The Bertz CT molecular complexity index is 909. The van der Waals surface area contributed by atoms with Crippen LogP contribution >= 0.6 is 0 Å². The van der Waals surface area contributed by atoms with Gasteiger partial charge in [0, 0.05) is 25.5 Å². The Morgan fingerprint density at radius 3 is 2.82 bits per heavy atom. The highest BCUT2D eigenvalue weighted by Crippen LogP contribution is 2.62. The van der Waals surface area contributed by atoms with Crippen molar-refractivity contribution in [1.82, 2.24) is 5.32 Å². The SMILES string of the molecule is COC[C@@H]1OC[C@@]2(C)[C@H]3CC[C@@H](O)[C@@H](CC(=O)NCc4ccc5c(c4)OCO5)[C@]3(C)CC[C@@H]2O1. The molecule has 0 spiro atoms. The van der Waals surface area contributed by atoms with Crippen molar-refractivity contribution in [3.05, 3.63) is 23.8 Å². The van der Waals surface area contributed by atoms with E-state index in [1.54, 1.807) is 7.11 Å². The predicted octanol–water partition coefficient (Wildman–Crippen LogP) is 3.00. The minimum atomic E-state index is -0.482. The number of carbonyl (C=O) groups excluding carboxylic acids is 1. The Labute approximate surface area is 201 Å². The average Bonchev–Trinajstić information content (AvgIpc) is 3.28. The second kappa shape index (κ2) is 9.30. The molecule has 34 heavy (non-hydrogen) atoms. The van der Waals surface area contributed by atoms with Crippen LogP contribution in [0.1, 0.15) is 51.5 Å². The lowest BCUT2D eigenvalue weighted by molar-refractivity contribution is -0.315. The predicted molar refractivity (Wildman–Crippen MR) is 123 cm³/mol. The highest BCUT2D eigenvalue weighted by atomic mass is 16.7. The van der Waals surface area contributed by atoms with Gasteiger partial charge < -0.3 is 34.1 Å². The Balaban J connectivity index is 1.25. The van der Waals surface area contributed by atoms with Gasteiger partial charge >= 0.3 is 0 Å². The van der Waals surface area contributed by atoms with E-state index in [0.29, 0.717) is 44.3 Å². The van der Waals surface area contributed by atoms with Gasteiger partial charge in [0.1, 0.15) is 0 Å². The molecule has 1 aromatic carbocycles. The Morgan fingerprint density at radius 2 is 2.00 bits per heavy atom. The molecular formula is C26H37NO7. The van der Waals surface area contributed by atoms with Crippen molar-refractivity contribution in [3.63, 3.8) is 0 Å². The van der Waals surface area contributed by atoms with Crippen molar-refractivity contribution in [2.45, 2.75) is 71.0 Å². The summed E-state index contributed by atoms with van der Waals surface area (Å²) in [4.78, 5) is 13.0. The van der Waals surface area contributed by atoms with E-state index in [9.17, 15) is 9.90 Å². The van der Waals surface area contributed by atoms with E-state index in [1.165, 1.54) is 0 Å². The minimum Gasteiger partial charge on any atom is -0.454 e. The number of carbonyl (C=O) groups is 1. The van der Waals surface area contributed by atoms with Gasteiger partial charge in [-0.2, -0.15) is 0 Å². The van der Waals surface area contributed by atoms with Crippen LogP contribution in [-0.2, 0) is 25.5 Å². The van der Waals surface area contributed by atoms with Crippen molar-refractivity contribution >= 4 is 5.91 Å². The van der Waals surface area contributed by atoms with Crippen LogP contribution < -0.4 is 14.8 Å². The maximum Gasteiger partial charge on any atom is 0.231 e. The zero-order valence-electron chi connectivity index (χ0n) is 20.4. The topological polar surface area (TPSA) is 95.5 Å². The van der Waals surface area contributed by atoms with Gasteiger partial charge in [0.05, 0.1) is 25.4 Å². The number of methoxy groups -OCH3 is 1. The Hall–Kier alpha value is -1.87. The average molecular weight is 476 g/mol. The lowest BCUT2D eigenvalue weighted by Gasteiger charge is -2.62. The Morgan fingerprint density at radius 1 is 1.18 bits per heavy atom. The number of rotatable bonds is 6. The number of amides is 1. The maximum absolute atomic E-state index is 13.0. The number of fused-ring (bicyclic) bond motifs is 4. The highest BCUT2D eigenvalue weighted by Gasteiger charge is 2.61. The summed E-state index contributed by atoms with van der Waals surface area (Å²) < 4.78 is 28.3. The number of nitrogens with one attached hydrogen (secondary N) is 1. The molecule has 1 amide bonds. The molecule has 3 fully saturated rings. The molecular weight excluding hydrogens is 438 g/mol. The third-order valence-electron chi connectivity index (χ3n) is 8.87. The maximum atomic E-state index is 13.0. The summed E-state index contributed by atoms with van der Waals surface area (Å²) in [5.41, 5.74) is 0.666. The molecule has 0 radical (unpaired) electrons. The largest absolute Gasteiger partial charge is 0.454 e. The summed E-state index contributed by atoms with van der Waals surface area (Å²) in [5, 5.41) is 14.1. The molecule has 0 unspecified atom stereocenters. The monoisotopic (exact) mass is 475 g/mol. The number of aliphatic hydroxyl groups is 1. The van der Waals surface area contributed by atoms with E-state index in [-0.39, 0.29) is 41.8 Å². The second-order valence-corrected chi connectivity index (χ2v) is 10.8. The lowest BCUT2D eigenvalue weighted by atomic mass is 9.46. The normalized spacial score (nSPS) is 38.6. The molecule has 7 atom stereocenters. The van der Waals surface area contributed by atoms with E-state index in [0.717, 1.165) is 30.6 Å². The molecule has 2 saturated carbocycles.